The number of sulfonamides is 1. The molecular weight excluding hydrogens is 234 g/mol. The highest BCUT2D eigenvalue weighted by Crippen LogP contribution is 2.28. The third kappa shape index (κ3) is 3.08. The lowest BCUT2D eigenvalue weighted by molar-refractivity contribution is 0.468. The topological polar surface area (TPSA) is 46.2 Å². The second-order valence-electron chi connectivity index (χ2n) is 5.19. The van der Waals surface area contributed by atoms with Crippen LogP contribution in [0, 0.1) is 5.92 Å². The van der Waals surface area contributed by atoms with Crippen LogP contribution >= 0.6 is 11.6 Å². The van der Waals surface area contributed by atoms with Gasteiger partial charge in [-0.15, -0.1) is 11.6 Å². The maximum absolute atomic E-state index is 11.9. The Hall–Kier alpha value is 0.200. The van der Waals surface area contributed by atoms with Gasteiger partial charge in [0.15, 0.2) is 0 Å². The molecule has 15 heavy (non-hydrogen) atoms. The van der Waals surface area contributed by atoms with E-state index in [2.05, 4.69) is 4.72 Å². The number of alkyl halides is 1. The molecular formula is C10H20ClNO2S. The molecule has 0 amide bonds. The van der Waals surface area contributed by atoms with Gasteiger partial charge in [0.1, 0.15) is 0 Å². The number of nitrogens with one attached hydrogen (secondary N) is 1. The van der Waals surface area contributed by atoms with Crippen molar-refractivity contribution in [2.24, 2.45) is 5.92 Å². The van der Waals surface area contributed by atoms with E-state index in [-0.39, 0.29) is 6.04 Å². The van der Waals surface area contributed by atoms with Crippen LogP contribution in [0.1, 0.15) is 40.0 Å². The Bertz CT molecular complexity index is 308. The van der Waals surface area contributed by atoms with Crippen molar-refractivity contribution < 1.29 is 8.42 Å². The minimum absolute atomic E-state index is 0.0340. The summed E-state index contributed by atoms with van der Waals surface area (Å²) in [5.41, 5.74) is 0. The Balaban J connectivity index is 2.70. The van der Waals surface area contributed by atoms with Crippen LogP contribution in [0.5, 0.6) is 0 Å². The fourth-order valence-corrected chi connectivity index (χ4v) is 3.18. The largest absolute Gasteiger partial charge is 0.216 e. The molecule has 3 nitrogen and oxygen atoms in total. The van der Waals surface area contributed by atoms with Crippen LogP contribution in [-0.4, -0.2) is 25.1 Å². The lowest BCUT2D eigenvalue weighted by atomic mass is 10.1. The zero-order chi connectivity index (χ0) is 11.7. The molecule has 0 spiro atoms. The maximum atomic E-state index is 11.9. The number of halogens is 1. The first-order valence-electron chi connectivity index (χ1n) is 5.36. The molecule has 1 rings (SSSR count). The van der Waals surface area contributed by atoms with E-state index in [4.69, 9.17) is 11.6 Å². The highest BCUT2D eigenvalue weighted by Gasteiger charge is 2.35. The Morgan fingerprint density at radius 3 is 2.40 bits per heavy atom. The number of rotatable bonds is 3. The van der Waals surface area contributed by atoms with Gasteiger partial charge >= 0.3 is 0 Å². The second kappa shape index (κ2) is 4.60. The van der Waals surface area contributed by atoms with Gasteiger partial charge in [0.2, 0.25) is 10.0 Å². The molecule has 0 aromatic rings. The van der Waals surface area contributed by atoms with E-state index >= 15 is 0 Å². The molecule has 0 aromatic carbocycles. The summed E-state index contributed by atoms with van der Waals surface area (Å²) in [6.07, 6.45) is 3.00. The normalized spacial score (nSPS) is 28.3. The van der Waals surface area contributed by atoms with Gasteiger partial charge in [-0.05, 0) is 39.5 Å². The molecule has 0 saturated heterocycles. The molecule has 0 heterocycles. The Kier molecular flexibility index (Phi) is 4.07. The highest BCUT2D eigenvalue weighted by atomic mass is 35.5. The molecule has 0 radical (unpaired) electrons. The van der Waals surface area contributed by atoms with Gasteiger partial charge < -0.3 is 0 Å². The van der Waals surface area contributed by atoms with E-state index < -0.39 is 14.8 Å². The van der Waals surface area contributed by atoms with Crippen molar-refractivity contribution in [2.45, 2.75) is 50.8 Å². The van der Waals surface area contributed by atoms with Gasteiger partial charge in [-0.25, -0.2) is 13.1 Å². The van der Waals surface area contributed by atoms with E-state index in [1.807, 2.05) is 0 Å². The first-order valence-corrected chi connectivity index (χ1v) is 7.37. The molecule has 2 atom stereocenters. The summed E-state index contributed by atoms with van der Waals surface area (Å²) < 4.78 is 25.9. The smallest absolute Gasteiger partial charge is 0.212 e. The van der Waals surface area contributed by atoms with Crippen LogP contribution in [-0.2, 0) is 10.0 Å². The van der Waals surface area contributed by atoms with Crippen LogP contribution in [0.25, 0.3) is 0 Å². The number of hydrogen-bond donors (Lipinski definition) is 1. The summed E-state index contributed by atoms with van der Waals surface area (Å²) >= 11 is 5.81. The molecule has 1 aliphatic rings. The second-order valence-corrected chi connectivity index (χ2v) is 7.96. The first-order chi connectivity index (χ1) is 6.78. The van der Waals surface area contributed by atoms with Crippen molar-refractivity contribution in [3.05, 3.63) is 0 Å². The zero-order valence-electron chi connectivity index (χ0n) is 9.59. The Morgan fingerprint density at radius 1 is 1.33 bits per heavy atom. The summed E-state index contributed by atoms with van der Waals surface area (Å²) in [4.78, 5) is 0. The minimum atomic E-state index is -3.23. The third-order valence-electron chi connectivity index (χ3n) is 2.97. The monoisotopic (exact) mass is 253 g/mol. The standard InChI is InChI=1S/C10H20ClNO2S/c1-10(2,3)15(13,14)12-9-6-4-5-8(9)7-11/h8-9,12H,4-7H2,1-3H3. The summed E-state index contributed by atoms with van der Waals surface area (Å²) in [5.74, 6) is 0.834. The first kappa shape index (κ1) is 13.3. The van der Waals surface area contributed by atoms with Crippen molar-refractivity contribution in [1.29, 1.82) is 0 Å². The molecule has 5 heteroatoms. The van der Waals surface area contributed by atoms with Gasteiger partial charge in [-0.1, -0.05) is 6.42 Å². The fraction of sp³-hybridized carbons (Fsp3) is 1.00. The Morgan fingerprint density at radius 2 is 1.93 bits per heavy atom. The third-order valence-corrected chi connectivity index (χ3v) is 5.59. The molecule has 1 fully saturated rings. The van der Waals surface area contributed by atoms with E-state index in [9.17, 15) is 8.42 Å². The van der Waals surface area contributed by atoms with Gasteiger partial charge in [-0.3, -0.25) is 0 Å². The lowest BCUT2D eigenvalue weighted by Gasteiger charge is -2.25. The van der Waals surface area contributed by atoms with Crippen LogP contribution in [0.3, 0.4) is 0 Å². The summed E-state index contributed by atoms with van der Waals surface area (Å²) in [7, 11) is -3.23. The minimum Gasteiger partial charge on any atom is -0.212 e. The molecule has 90 valence electrons. The molecule has 0 aliphatic heterocycles. The quantitative estimate of drug-likeness (QED) is 0.783. The predicted octanol–water partition coefficient (Wildman–Crippen LogP) is 2.11. The molecule has 0 bridgehead atoms. The van der Waals surface area contributed by atoms with Crippen LogP contribution in [0.2, 0.25) is 0 Å². The van der Waals surface area contributed by atoms with Gasteiger partial charge in [-0.2, -0.15) is 0 Å². The lowest BCUT2D eigenvalue weighted by Crippen LogP contribution is -2.46. The summed E-state index contributed by atoms with van der Waals surface area (Å²) in [6, 6.07) is 0.0340. The van der Waals surface area contributed by atoms with E-state index in [0.29, 0.717) is 11.8 Å². The van der Waals surface area contributed by atoms with Crippen LogP contribution in [0.4, 0.5) is 0 Å². The van der Waals surface area contributed by atoms with E-state index in [1.165, 1.54) is 0 Å². The summed E-state index contributed by atoms with van der Waals surface area (Å²) in [6.45, 7) is 5.12. The Labute approximate surface area is 97.6 Å². The van der Waals surface area contributed by atoms with Crippen molar-refractivity contribution in [3.63, 3.8) is 0 Å². The molecule has 1 aliphatic carbocycles. The van der Waals surface area contributed by atoms with Crippen molar-refractivity contribution in [1.82, 2.24) is 4.72 Å². The van der Waals surface area contributed by atoms with Gasteiger partial charge in [0.05, 0.1) is 4.75 Å². The highest BCUT2D eigenvalue weighted by molar-refractivity contribution is 7.90. The van der Waals surface area contributed by atoms with E-state index in [1.54, 1.807) is 20.8 Å². The van der Waals surface area contributed by atoms with Gasteiger partial charge in [0, 0.05) is 11.9 Å². The average molecular weight is 254 g/mol. The van der Waals surface area contributed by atoms with Crippen molar-refractivity contribution in [2.75, 3.05) is 5.88 Å². The molecule has 0 aromatic heterocycles. The maximum Gasteiger partial charge on any atom is 0.216 e. The zero-order valence-corrected chi connectivity index (χ0v) is 11.2. The predicted molar refractivity (Wildman–Crippen MR) is 63.7 cm³/mol. The van der Waals surface area contributed by atoms with Crippen LogP contribution in [0.15, 0.2) is 0 Å². The fourth-order valence-electron chi connectivity index (χ4n) is 1.75. The SMILES string of the molecule is CC(C)(C)S(=O)(=O)NC1CCCC1CCl. The van der Waals surface area contributed by atoms with Crippen LogP contribution < -0.4 is 4.72 Å². The molecule has 1 N–H and O–H groups in total. The number of hydrogen-bond acceptors (Lipinski definition) is 2. The van der Waals surface area contributed by atoms with Gasteiger partial charge in [0.25, 0.3) is 0 Å². The van der Waals surface area contributed by atoms with Crippen molar-refractivity contribution in [3.8, 4) is 0 Å². The summed E-state index contributed by atoms with van der Waals surface area (Å²) in [5, 5.41) is 0. The molecule has 2 unspecified atom stereocenters. The van der Waals surface area contributed by atoms with Crippen molar-refractivity contribution >= 4 is 21.6 Å². The average Bonchev–Trinajstić information content (AvgIpc) is 2.48. The molecule has 1 saturated carbocycles. The van der Waals surface area contributed by atoms with E-state index in [0.717, 1.165) is 19.3 Å².